The predicted octanol–water partition coefficient (Wildman–Crippen LogP) is 0.462. The highest BCUT2D eigenvalue weighted by Gasteiger charge is 2.26. The van der Waals surface area contributed by atoms with Crippen LogP contribution < -0.4 is 10.9 Å². The molecule has 1 saturated heterocycles. The van der Waals surface area contributed by atoms with Crippen molar-refractivity contribution < 1.29 is 0 Å². The van der Waals surface area contributed by atoms with Gasteiger partial charge in [-0.3, -0.25) is 5.43 Å². The zero-order valence-electron chi connectivity index (χ0n) is 7.46. The van der Waals surface area contributed by atoms with E-state index in [0.29, 0.717) is 12.1 Å². The quantitative estimate of drug-likeness (QED) is 0.594. The molecule has 0 spiro atoms. The molecule has 1 fully saturated rings. The van der Waals surface area contributed by atoms with E-state index in [4.69, 9.17) is 0 Å². The number of hydrazine groups is 1. The van der Waals surface area contributed by atoms with Crippen LogP contribution in [0.5, 0.6) is 0 Å². The molecule has 12 heavy (non-hydrogen) atoms. The predicted molar refractivity (Wildman–Crippen MR) is 49.3 cm³/mol. The van der Waals surface area contributed by atoms with Crippen LogP contribution in [-0.4, -0.2) is 23.5 Å². The van der Waals surface area contributed by atoms with E-state index in [0.717, 1.165) is 18.6 Å². The lowest BCUT2D eigenvalue weighted by Gasteiger charge is -2.06. The van der Waals surface area contributed by atoms with Gasteiger partial charge in [0, 0.05) is 18.2 Å². The molecule has 2 aliphatic heterocycles. The van der Waals surface area contributed by atoms with Gasteiger partial charge < -0.3 is 0 Å². The summed E-state index contributed by atoms with van der Waals surface area (Å²) in [5.74, 6) is 0. The molecule has 2 unspecified atom stereocenters. The molecule has 0 aromatic heterocycles. The van der Waals surface area contributed by atoms with Gasteiger partial charge in [-0.05, 0) is 20.3 Å². The van der Waals surface area contributed by atoms with Crippen LogP contribution in [0.2, 0.25) is 0 Å². The molecule has 4 nitrogen and oxygen atoms in total. The topological polar surface area (TPSA) is 48.8 Å². The molecule has 0 aromatic rings. The molecule has 2 heterocycles. The second kappa shape index (κ2) is 2.95. The van der Waals surface area contributed by atoms with Crippen molar-refractivity contribution in [3.8, 4) is 0 Å². The normalized spacial score (nSPS) is 35.2. The van der Waals surface area contributed by atoms with E-state index in [-0.39, 0.29) is 0 Å². The largest absolute Gasteiger partial charge is 0.254 e. The summed E-state index contributed by atoms with van der Waals surface area (Å²) in [5.41, 5.74) is 8.68. The average Bonchev–Trinajstić information content (AvgIpc) is 2.58. The summed E-state index contributed by atoms with van der Waals surface area (Å²) >= 11 is 0. The van der Waals surface area contributed by atoms with E-state index < -0.39 is 0 Å². The van der Waals surface area contributed by atoms with E-state index in [1.807, 2.05) is 6.92 Å². The zero-order chi connectivity index (χ0) is 8.55. The Labute approximate surface area is 72.1 Å². The first-order chi connectivity index (χ1) is 5.75. The average molecular weight is 166 g/mol. The Morgan fingerprint density at radius 2 is 2.17 bits per heavy atom. The van der Waals surface area contributed by atoms with Crippen molar-refractivity contribution in [2.75, 3.05) is 0 Å². The van der Waals surface area contributed by atoms with Crippen LogP contribution in [-0.2, 0) is 0 Å². The maximum absolute atomic E-state index is 4.14. The lowest BCUT2D eigenvalue weighted by atomic mass is 10.0. The first kappa shape index (κ1) is 7.89. The summed E-state index contributed by atoms with van der Waals surface area (Å²) < 4.78 is 0. The van der Waals surface area contributed by atoms with Gasteiger partial charge in [0.2, 0.25) is 0 Å². The molecular weight excluding hydrogens is 152 g/mol. The molecule has 0 saturated carbocycles. The summed E-state index contributed by atoms with van der Waals surface area (Å²) in [6.45, 7) is 4.18. The summed E-state index contributed by atoms with van der Waals surface area (Å²) in [6, 6.07) is 0.930. The van der Waals surface area contributed by atoms with Gasteiger partial charge in [-0.15, -0.1) is 0 Å². The van der Waals surface area contributed by atoms with Crippen molar-refractivity contribution in [2.24, 2.45) is 10.2 Å². The van der Waals surface area contributed by atoms with Crippen LogP contribution in [0.1, 0.15) is 26.7 Å². The van der Waals surface area contributed by atoms with Gasteiger partial charge in [0.15, 0.2) is 0 Å². The Bertz CT molecular complexity index is 243. The Morgan fingerprint density at radius 3 is 2.67 bits per heavy atom. The van der Waals surface area contributed by atoms with Crippen molar-refractivity contribution in [2.45, 2.75) is 38.8 Å². The van der Waals surface area contributed by atoms with E-state index in [1.165, 1.54) is 5.71 Å². The van der Waals surface area contributed by atoms with Crippen molar-refractivity contribution in [3.63, 3.8) is 0 Å². The van der Waals surface area contributed by atoms with E-state index in [9.17, 15) is 0 Å². The summed E-state index contributed by atoms with van der Waals surface area (Å²) in [7, 11) is 0. The van der Waals surface area contributed by atoms with E-state index >= 15 is 0 Å². The smallest absolute Gasteiger partial charge is 0.0645 e. The highest BCUT2D eigenvalue weighted by Crippen LogP contribution is 2.12. The number of hydrogen-bond acceptors (Lipinski definition) is 4. The zero-order valence-corrected chi connectivity index (χ0v) is 7.46. The Morgan fingerprint density at radius 1 is 1.33 bits per heavy atom. The first-order valence-electron chi connectivity index (χ1n) is 4.36. The molecule has 0 aliphatic carbocycles. The fraction of sp³-hybridized carbons (Fsp3) is 0.750. The summed E-state index contributed by atoms with van der Waals surface area (Å²) in [6.07, 6.45) is 2.05. The number of nitrogens with zero attached hydrogens (tertiary/aromatic N) is 2. The Kier molecular flexibility index (Phi) is 1.94. The maximum atomic E-state index is 4.14. The molecule has 0 amide bonds. The van der Waals surface area contributed by atoms with Crippen LogP contribution >= 0.6 is 0 Å². The molecule has 2 atom stereocenters. The van der Waals surface area contributed by atoms with Crippen molar-refractivity contribution in [3.05, 3.63) is 0 Å². The SMILES string of the molecule is CC1=NN=C(C2CC(C)NN2)C1. The van der Waals surface area contributed by atoms with Gasteiger partial charge in [0.1, 0.15) is 0 Å². The standard InChI is InChI=1S/C8H14N4/c1-5-3-7(11-9-5)8-4-6(2)10-12-8/h5,7,9,11H,3-4H2,1-2H3. The molecule has 0 radical (unpaired) electrons. The van der Waals surface area contributed by atoms with Crippen LogP contribution in [0, 0.1) is 0 Å². The molecule has 0 aromatic carbocycles. The minimum Gasteiger partial charge on any atom is -0.254 e. The second-order valence-corrected chi connectivity index (χ2v) is 3.58. The molecular formula is C8H14N4. The van der Waals surface area contributed by atoms with E-state index in [1.54, 1.807) is 0 Å². The van der Waals surface area contributed by atoms with Gasteiger partial charge in [-0.1, -0.05) is 0 Å². The molecule has 66 valence electrons. The molecule has 2 rings (SSSR count). The number of hydrogen-bond donors (Lipinski definition) is 2. The second-order valence-electron chi connectivity index (χ2n) is 3.58. The number of rotatable bonds is 1. The number of nitrogens with one attached hydrogen (secondary N) is 2. The third-order valence-electron chi connectivity index (χ3n) is 2.28. The highest BCUT2D eigenvalue weighted by atomic mass is 15.4. The van der Waals surface area contributed by atoms with E-state index in [2.05, 4.69) is 28.0 Å². The first-order valence-corrected chi connectivity index (χ1v) is 4.36. The minimum atomic E-state index is 0.390. The van der Waals surface area contributed by atoms with Crippen molar-refractivity contribution in [1.82, 2.24) is 10.9 Å². The van der Waals surface area contributed by atoms with Gasteiger partial charge >= 0.3 is 0 Å². The molecule has 4 heteroatoms. The van der Waals surface area contributed by atoms with Crippen LogP contribution in [0.4, 0.5) is 0 Å². The van der Waals surface area contributed by atoms with Crippen molar-refractivity contribution in [1.29, 1.82) is 0 Å². The maximum Gasteiger partial charge on any atom is 0.0645 e. The van der Waals surface area contributed by atoms with Crippen molar-refractivity contribution >= 4 is 11.4 Å². The fourth-order valence-electron chi connectivity index (χ4n) is 1.61. The fourth-order valence-corrected chi connectivity index (χ4v) is 1.61. The molecule has 0 bridgehead atoms. The van der Waals surface area contributed by atoms with Crippen LogP contribution in [0.25, 0.3) is 0 Å². The third-order valence-corrected chi connectivity index (χ3v) is 2.28. The molecule has 2 N–H and O–H groups in total. The minimum absolute atomic E-state index is 0.390. The van der Waals surface area contributed by atoms with Gasteiger partial charge in [-0.2, -0.15) is 10.2 Å². The third kappa shape index (κ3) is 1.40. The van der Waals surface area contributed by atoms with Crippen LogP contribution in [0.15, 0.2) is 10.2 Å². The summed E-state index contributed by atoms with van der Waals surface area (Å²) in [4.78, 5) is 0. The monoisotopic (exact) mass is 166 g/mol. The lowest BCUT2D eigenvalue weighted by molar-refractivity contribution is 0.585. The van der Waals surface area contributed by atoms with Gasteiger partial charge in [0.05, 0.1) is 11.8 Å². The summed E-state index contributed by atoms with van der Waals surface area (Å²) in [5, 5.41) is 8.16. The Balaban J connectivity index is 1.96. The van der Waals surface area contributed by atoms with Crippen LogP contribution in [0.3, 0.4) is 0 Å². The van der Waals surface area contributed by atoms with Gasteiger partial charge in [0.25, 0.3) is 0 Å². The van der Waals surface area contributed by atoms with Gasteiger partial charge in [-0.25, -0.2) is 5.43 Å². The Hall–Kier alpha value is -0.740. The lowest BCUT2D eigenvalue weighted by Crippen LogP contribution is -2.36. The molecule has 2 aliphatic rings. The highest BCUT2D eigenvalue weighted by molar-refractivity contribution is 6.08.